The van der Waals surface area contributed by atoms with Crippen molar-refractivity contribution in [2.24, 2.45) is 0 Å². The van der Waals surface area contributed by atoms with Gasteiger partial charge in [0.15, 0.2) is 5.82 Å². The molecule has 1 aromatic heterocycles. The van der Waals surface area contributed by atoms with Crippen LogP contribution in [0.5, 0.6) is 0 Å². The van der Waals surface area contributed by atoms with Gasteiger partial charge in [0, 0.05) is 36.7 Å². The molecule has 0 unspecified atom stereocenters. The van der Waals surface area contributed by atoms with E-state index in [1.54, 1.807) is 22.9 Å². The number of nitrogens with zero attached hydrogens (tertiary/aromatic N) is 4. The molecule has 0 radical (unpaired) electrons. The first kappa shape index (κ1) is 13.3. The first-order valence-corrected chi connectivity index (χ1v) is 6.21. The van der Waals surface area contributed by atoms with Crippen molar-refractivity contribution in [3.8, 4) is 11.4 Å². The number of benzene rings is 1. The number of tetrazole rings is 1. The van der Waals surface area contributed by atoms with Crippen molar-refractivity contribution in [1.29, 1.82) is 0 Å². The third-order valence-electron chi connectivity index (χ3n) is 2.63. The molecular weight excluding hydrogens is 244 g/mol. The van der Waals surface area contributed by atoms with E-state index in [4.69, 9.17) is 16.2 Å². The predicted octanol–water partition coefficient (Wildman–Crippen LogP) is 0.931. The molecule has 4 N–H and O–H groups in total. The summed E-state index contributed by atoms with van der Waals surface area (Å²) < 4.78 is 7.02. The Bertz CT molecular complexity index is 519. The molecule has 1 heterocycles. The quantitative estimate of drug-likeness (QED) is 0.592. The zero-order valence-electron chi connectivity index (χ0n) is 10.9. The van der Waals surface area contributed by atoms with Crippen molar-refractivity contribution in [3.05, 3.63) is 18.2 Å². The molecule has 7 nitrogen and oxygen atoms in total. The molecule has 0 atom stereocenters. The number of nitrogen functional groups attached to an aromatic ring is 2. The smallest absolute Gasteiger partial charge is 0.182 e. The van der Waals surface area contributed by atoms with Crippen LogP contribution in [0.3, 0.4) is 0 Å². The van der Waals surface area contributed by atoms with Crippen molar-refractivity contribution in [2.45, 2.75) is 19.9 Å². The molecule has 0 spiro atoms. The van der Waals surface area contributed by atoms with E-state index in [9.17, 15) is 0 Å². The summed E-state index contributed by atoms with van der Waals surface area (Å²) in [5, 5.41) is 11.7. The Labute approximate surface area is 111 Å². The fourth-order valence-corrected chi connectivity index (χ4v) is 1.83. The predicted molar refractivity (Wildman–Crippen MR) is 73.2 cm³/mol. The van der Waals surface area contributed by atoms with E-state index in [0.29, 0.717) is 37.0 Å². The monoisotopic (exact) mass is 262 g/mol. The number of aryl methyl sites for hydroxylation is 1. The number of nitrogens with two attached hydrogens (primary N) is 2. The highest BCUT2D eigenvalue weighted by molar-refractivity contribution is 5.67. The Kier molecular flexibility index (Phi) is 4.30. The molecule has 2 aromatic rings. The minimum atomic E-state index is 0.596. The largest absolute Gasteiger partial charge is 0.399 e. The van der Waals surface area contributed by atoms with Gasteiger partial charge in [0.2, 0.25) is 0 Å². The van der Waals surface area contributed by atoms with Crippen LogP contribution in [0.2, 0.25) is 0 Å². The molecule has 0 fully saturated rings. The van der Waals surface area contributed by atoms with Gasteiger partial charge in [0.05, 0.1) is 0 Å². The molecule has 0 saturated carbocycles. The highest BCUT2D eigenvalue weighted by Gasteiger charge is 2.09. The second-order valence-electron chi connectivity index (χ2n) is 4.16. The average molecular weight is 262 g/mol. The van der Waals surface area contributed by atoms with Gasteiger partial charge in [-0.05, 0) is 42.0 Å². The second-order valence-corrected chi connectivity index (χ2v) is 4.16. The Morgan fingerprint density at radius 3 is 2.63 bits per heavy atom. The minimum absolute atomic E-state index is 0.596. The molecule has 102 valence electrons. The highest BCUT2D eigenvalue weighted by atomic mass is 16.5. The van der Waals surface area contributed by atoms with Crippen LogP contribution >= 0.6 is 0 Å². The van der Waals surface area contributed by atoms with Gasteiger partial charge < -0.3 is 16.2 Å². The van der Waals surface area contributed by atoms with Gasteiger partial charge in [0.1, 0.15) is 0 Å². The maximum atomic E-state index is 5.78. The molecule has 7 heteroatoms. The molecule has 0 aliphatic heterocycles. The van der Waals surface area contributed by atoms with Gasteiger partial charge in [-0.1, -0.05) is 0 Å². The van der Waals surface area contributed by atoms with Crippen molar-refractivity contribution in [3.63, 3.8) is 0 Å². The Hall–Kier alpha value is -2.15. The first-order valence-electron chi connectivity index (χ1n) is 6.21. The summed E-state index contributed by atoms with van der Waals surface area (Å²) in [6, 6.07) is 5.31. The average Bonchev–Trinajstić information content (AvgIpc) is 2.82. The van der Waals surface area contributed by atoms with Gasteiger partial charge in [-0.25, -0.2) is 4.68 Å². The fourth-order valence-electron chi connectivity index (χ4n) is 1.83. The van der Waals surface area contributed by atoms with Gasteiger partial charge in [-0.15, -0.1) is 5.10 Å². The number of aromatic nitrogens is 4. The molecule has 0 amide bonds. The van der Waals surface area contributed by atoms with Crippen LogP contribution in [0, 0.1) is 0 Å². The van der Waals surface area contributed by atoms with Crippen LogP contribution in [-0.2, 0) is 11.3 Å². The summed E-state index contributed by atoms with van der Waals surface area (Å²) in [5.41, 5.74) is 13.6. The van der Waals surface area contributed by atoms with Crippen LogP contribution in [0.15, 0.2) is 18.2 Å². The lowest BCUT2D eigenvalue weighted by Gasteiger charge is -2.06. The zero-order valence-corrected chi connectivity index (χ0v) is 10.9. The standard InChI is InChI=1S/C12H18N6O/c1-2-19-5-3-4-18-12(15-16-17-18)9-6-10(13)8-11(14)7-9/h6-8H,2-5,13-14H2,1H3. The van der Waals surface area contributed by atoms with Crippen LogP contribution in [0.25, 0.3) is 11.4 Å². The van der Waals surface area contributed by atoms with Crippen molar-refractivity contribution >= 4 is 11.4 Å². The van der Waals surface area contributed by atoms with Gasteiger partial charge in [-0.3, -0.25) is 0 Å². The summed E-state index contributed by atoms with van der Waals surface area (Å²) in [6.07, 6.45) is 0.851. The molecule has 19 heavy (non-hydrogen) atoms. The second kappa shape index (κ2) is 6.14. The summed E-state index contributed by atoms with van der Waals surface area (Å²) in [6.45, 7) is 4.07. The molecule has 1 aromatic carbocycles. The lowest BCUT2D eigenvalue weighted by molar-refractivity contribution is 0.140. The third-order valence-corrected chi connectivity index (χ3v) is 2.63. The van der Waals surface area contributed by atoms with Crippen LogP contribution in [0.1, 0.15) is 13.3 Å². The van der Waals surface area contributed by atoms with E-state index in [2.05, 4.69) is 15.5 Å². The molecule has 0 saturated heterocycles. The Balaban J connectivity index is 2.14. The first-order chi connectivity index (χ1) is 9.20. The molecule has 0 aliphatic carbocycles. The van der Waals surface area contributed by atoms with E-state index in [-0.39, 0.29) is 0 Å². The summed E-state index contributed by atoms with van der Waals surface area (Å²) in [5.74, 6) is 0.662. The molecule has 0 bridgehead atoms. The maximum absolute atomic E-state index is 5.78. The van der Waals surface area contributed by atoms with Crippen LogP contribution in [0.4, 0.5) is 11.4 Å². The van der Waals surface area contributed by atoms with Crippen molar-refractivity contribution in [1.82, 2.24) is 20.2 Å². The number of rotatable bonds is 6. The Morgan fingerprint density at radius 1 is 1.21 bits per heavy atom. The lowest BCUT2D eigenvalue weighted by atomic mass is 10.1. The minimum Gasteiger partial charge on any atom is -0.399 e. The molecule has 0 aliphatic rings. The van der Waals surface area contributed by atoms with Crippen molar-refractivity contribution in [2.75, 3.05) is 24.7 Å². The van der Waals surface area contributed by atoms with Crippen LogP contribution in [-0.4, -0.2) is 33.4 Å². The maximum Gasteiger partial charge on any atom is 0.182 e. The summed E-state index contributed by atoms with van der Waals surface area (Å²) in [4.78, 5) is 0. The Morgan fingerprint density at radius 2 is 1.95 bits per heavy atom. The number of hydrogen-bond donors (Lipinski definition) is 2. The fraction of sp³-hybridized carbons (Fsp3) is 0.417. The number of hydrogen-bond acceptors (Lipinski definition) is 6. The van der Waals surface area contributed by atoms with E-state index in [0.717, 1.165) is 12.0 Å². The van der Waals surface area contributed by atoms with E-state index in [1.807, 2.05) is 6.92 Å². The van der Waals surface area contributed by atoms with Gasteiger partial charge in [0.25, 0.3) is 0 Å². The topological polar surface area (TPSA) is 105 Å². The summed E-state index contributed by atoms with van der Waals surface area (Å²) in [7, 11) is 0. The normalized spacial score (nSPS) is 10.8. The molecular formula is C12H18N6O. The number of anilines is 2. The van der Waals surface area contributed by atoms with Crippen molar-refractivity contribution < 1.29 is 4.74 Å². The SMILES string of the molecule is CCOCCCn1nnnc1-c1cc(N)cc(N)c1. The van der Waals surface area contributed by atoms with Gasteiger partial charge >= 0.3 is 0 Å². The third kappa shape index (κ3) is 3.41. The van der Waals surface area contributed by atoms with Crippen LogP contribution < -0.4 is 11.5 Å². The highest BCUT2D eigenvalue weighted by Crippen LogP contribution is 2.22. The lowest BCUT2D eigenvalue weighted by Crippen LogP contribution is -2.06. The summed E-state index contributed by atoms with van der Waals surface area (Å²) >= 11 is 0. The van der Waals surface area contributed by atoms with E-state index >= 15 is 0 Å². The van der Waals surface area contributed by atoms with Gasteiger partial charge in [-0.2, -0.15) is 0 Å². The zero-order chi connectivity index (χ0) is 13.7. The number of ether oxygens (including phenoxy) is 1. The van der Waals surface area contributed by atoms with E-state index in [1.165, 1.54) is 0 Å². The molecule has 2 rings (SSSR count). The van der Waals surface area contributed by atoms with E-state index < -0.39 is 0 Å².